The van der Waals surface area contributed by atoms with E-state index in [4.69, 9.17) is 0 Å². The molecular formula is C20H26N2O2S. The Labute approximate surface area is 151 Å². The second-order valence-corrected chi connectivity index (χ2v) is 8.86. The Kier molecular flexibility index (Phi) is 4.89. The minimum absolute atomic E-state index is 0.429. The number of rotatable bonds is 3. The molecule has 134 valence electrons. The molecule has 3 rings (SSSR count). The van der Waals surface area contributed by atoms with Gasteiger partial charge in [0.1, 0.15) is 0 Å². The lowest BCUT2D eigenvalue weighted by molar-refractivity contribution is 0.384. The summed E-state index contributed by atoms with van der Waals surface area (Å²) in [4.78, 5) is 2.71. The smallest absolute Gasteiger partial charge is 0.243 e. The number of aryl methyl sites for hydroxylation is 4. The van der Waals surface area contributed by atoms with E-state index in [1.54, 1.807) is 10.4 Å². The summed E-state index contributed by atoms with van der Waals surface area (Å²) in [6.07, 6.45) is 0. The van der Waals surface area contributed by atoms with Crippen LogP contribution in [-0.4, -0.2) is 38.9 Å². The number of nitrogens with zero attached hydrogens (tertiary/aromatic N) is 2. The first kappa shape index (κ1) is 18.0. The van der Waals surface area contributed by atoms with Crippen molar-refractivity contribution in [2.45, 2.75) is 32.6 Å². The lowest BCUT2D eigenvalue weighted by atomic mass is 10.1. The maximum absolute atomic E-state index is 13.0. The molecule has 0 saturated carbocycles. The van der Waals surface area contributed by atoms with Gasteiger partial charge in [0.25, 0.3) is 0 Å². The third kappa shape index (κ3) is 3.58. The number of hydrogen-bond acceptors (Lipinski definition) is 3. The molecule has 1 heterocycles. The third-order valence-electron chi connectivity index (χ3n) is 4.88. The molecule has 0 spiro atoms. The zero-order chi connectivity index (χ0) is 18.2. The van der Waals surface area contributed by atoms with E-state index in [9.17, 15) is 8.42 Å². The molecular weight excluding hydrogens is 332 g/mol. The molecule has 1 aliphatic rings. The Hall–Kier alpha value is -1.85. The van der Waals surface area contributed by atoms with Crippen LogP contribution in [0.2, 0.25) is 0 Å². The van der Waals surface area contributed by atoms with Gasteiger partial charge in [0.2, 0.25) is 10.0 Å². The van der Waals surface area contributed by atoms with E-state index >= 15 is 0 Å². The van der Waals surface area contributed by atoms with E-state index in [-0.39, 0.29) is 0 Å². The van der Waals surface area contributed by atoms with E-state index in [0.29, 0.717) is 31.1 Å². The summed E-state index contributed by atoms with van der Waals surface area (Å²) >= 11 is 0. The van der Waals surface area contributed by atoms with E-state index in [2.05, 4.69) is 36.9 Å². The summed E-state index contributed by atoms with van der Waals surface area (Å²) in [5, 5.41) is 0. The summed E-state index contributed by atoms with van der Waals surface area (Å²) in [5.74, 6) is 0. The summed E-state index contributed by atoms with van der Waals surface area (Å²) in [5.41, 5.74) is 5.59. The van der Waals surface area contributed by atoms with E-state index in [1.807, 2.05) is 26.0 Å². The summed E-state index contributed by atoms with van der Waals surface area (Å²) in [6.45, 7) is 10.5. The van der Waals surface area contributed by atoms with Crippen molar-refractivity contribution >= 4 is 15.7 Å². The minimum atomic E-state index is -3.43. The first-order chi connectivity index (χ1) is 11.8. The fraction of sp³-hybridized carbons (Fsp3) is 0.400. The van der Waals surface area contributed by atoms with Gasteiger partial charge in [0.05, 0.1) is 4.90 Å². The molecule has 5 heteroatoms. The highest BCUT2D eigenvalue weighted by Crippen LogP contribution is 2.26. The van der Waals surface area contributed by atoms with E-state index in [1.165, 1.54) is 16.8 Å². The van der Waals surface area contributed by atoms with Gasteiger partial charge in [0.15, 0.2) is 0 Å². The Balaban J connectivity index is 1.77. The number of benzene rings is 2. The first-order valence-electron chi connectivity index (χ1n) is 8.68. The normalized spacial score (nSPS) is 16.2. The average Bonchev–Trinajstić information content (AvgIpc) is 2.54. The molecule has 2 aromatic rings. The highest BCUT2D eigenvalue weighted by Gasteiger charge is 2.29. The van der Waals surface area contributed by atoms with Gasteiger partial charge in [0, 0.05) is 31.9 Å². The zero-order valence-corrected chi connectivity index (χ0v) is 16.2. The van der Waals surface area contributed by atoms with Crippen LogP contribution in [0, 0.1) is 27.7 Å². The van der Waals surface area contributed by atoms with Crippen molar-refractivity contribution in [2.75, 3.05) is 31.1 Å². The predicted octanol–water partition coefficient (Wildman–Crippen LogP) is 3.43. The molecule has 4 nitrogen and oxygen atoms in total. The maximum Gasteiger partial charge on any atom is 0.243 e. The number of anilines is 1. The molecule has 0 aromatic heterocycles. The van der Waals surface area contributed by atoms with Gasteiger partial charge in [-0.25, -0.2) is 8.42 Å². The third-order valence-corrected chi connectivity index (χ3v) is 6.94. The van der Waals surface area contributed by atoms with Gasteiger partial charge in [-0.2, -0.15) is 4.31 Å². The Morgan fingerprint density at radius 2 is 1.32 bits per heavy atom. The molecule has 25 heavy (non-hydrogen) atoms. The standard InChI is InChI=1S/C20H26N2O2S/c1-15-5-7-19(17(3)13-15)21-9-11-22(12-10-21)25(23,24)20-8-6-16(2)14-18(20)4/h5-8,13-14H,9-12H2,1-4H3. The van der Waals surface area contributed by atoms with Crippen LogP contribution in [0.4, 0.5) is 5.69 Å². The van der Waals surface area contributed by atoms with Crippen LogP contribution in [0.15, 0.2) is 41.3 Å². The van der Waals surface area contributed by atoms with Crippen LogP contribution in [-0.2, 0) is 10.0 Å². The molecule has 1 saturated heterocycles. The summed E-state index contributed by atoms with van der Waals surface area (Å²) < 4.78 is 27.6. The van der Waals surface area contributed by atoms with E-state index < -0.39 is 10.0 Å². The van der Waals surface area contributed by atoms with Crippen molar-refractivity contribution < 1.29 is 8.42 Å². The topological polar surface area (TPSA) is 40.6 Å². The second-order valence-electron chi connectivity index (χ2n) is 6.95. The second kappa shape index (κ2) is 6.81. The Morgan fingerprint density at radius 3 is 1.88 bits per heavy atom. The molecule has 0 aliphatic carbocycles. The van der Waals surface area contributed by atoms with Crippen molar-refractivity contribution in [2.24, 2.45) is 0 Å². The maximum atomic E-state index is 13.0. The number of sulfonamides is 1. The minimum Gasteiger partial charge on any atom is -0.369 e. The summed E-state index contributed by atoms with van der Waals surface area (Å²) in [6, 6.07) is 12.0. The number of piperazine rings is 1. The zero-order valence-electron chi connectivity index (χ0n) is 15.4. The first-order valence-corrected chi connectivity index (χ1v) is 10.1. The van der Waals surface area contributed by atoms with Crippen molar-refractivity contribution in [1.82, 2.24) is 4.31 Å². The molecule has 1 fully saturated rings. The Bertz CT molecular complexity index is 883. The molecule has 0 atom stereocenters. The highest BCUT2D eigenvalue weighted by atomic mass is 32.2. The van der Waals surface area contributed by atoms with Gasteiger partial charge < -0.3 is 4.90 Å². The molecule has 1 aliphatic heterocycles. The van der Waals surface area contributed by atoms with Crippen molar-refractivity contribution in [3.8, 4) is 0 Å². The van der Waals surface area contributed by atoms with Crippen LogP contribution in [0.3, 0.4) is 0 Å². The van der Waals surface area contributed by atoms with Crippen LogP contribution < -0.4 is 4.90 Å². The average molecular weight is 359 g/mol. The van der Waals surface area contributed by atoms with Crippen LogP contribution in [0.25, 0.3) is 0 Å². The SMILES string of the molecule is Cc1ccc(N2CCN(S(=O)(=O)c3ccc(C)cc3C)CC2)c(C)c1. The number of hydrogen-bond donors (Lipinski definition) is 0. The molecule has 0 radical (unpaired) electrons. The van der Waals surface area contributed by atoms with Crippen LogP contribution in [0.1, 0.15) is 22.3 Å². The monoisotopic (exact) mass is 358 g/mol. The largest absolute Gasteiger partial charge is 0.369 e. The van der Waals surface area contributed by atoms with E-state index in [0.717, 1.165) is 11.1 Å². The van der Waals surface area contributed by atoms with Gasteiger partial charge >= 0.3 is 0 Å². The lowest BCUT2D eigenvalue weighted by Gasteiger charge is -2.36. The molecule has 2 aromatic carbocycles. The van der Waals surface area contributed by atoms with Crippen LogP contribution in [0.5, 0.6) is 0 Å². The highest BCUT2D eigenvalue weighted by molar-refractivity contribution is 7.89. The molecule has 0 N–H and O–H groups in total. The van der Waals surface area contributed by atoms with Gasteiger partial charge in [-0.15, -0.1) is 0 Å². The molecule has 0 unspecified atom stereocenters. The fourth-order valence-electron chi connectivity index (χ4n) is 3.56. The summed E-state index contributed by atoms with van der Waals surface area (Å²) in [7, 11) is -3.43. The molecule has 0 bridgehead atoms. The van der Waals surface area contributed by atoms with Crippen molar-refractivity contribution in [1.29, 1.82) is 0 Å². The quantitative estimate of drug-likeness (QED) is 0.844. The Morgan fingerprint density at radius 1 is 0.760 bits per heavy atom. The molecule has 0 amide bonds. The van der Waals surface area contributed by atoms with Gasteiger partial charge in [-0.3, -0.25) is 0 Å². The van der Waals surface area contributed by atoms with Crippen molar-refractivity contribution in [3.63, 3.8) is 0 Å². The van der Waals surface area contributed by atoms with Gasteiger partial charge in [-0.1, -0.05) is 35.4 Å². The van der Waals surface area contributed by atoms with Crippen LogP contribution >= 0.6 is 0 Å². The fourth-order valence-corrected chi connectivity index (χ4v) is 5.19. The predicted molar refractivity (Wildman–Crippen MR) is 103 cm³/mol. The van der Waals surface area contributed by atoms with Crippen molar-refractivity contribution in [3.05, 3.63) is 58.7 Å². The lowest BCUT2D eigenvalue weighted by Crippen LogP contribution is -2.49. The van der Waals surface area contributed by atoms with Gasteiger partial charge in [-0.05, 0) is 51.0 Å².